The average Bonchev–Trinajstić information content (AvgIpc) is 2.12. The molecule has 0 aliphatic rings. The van der Waals surface area contributed by atoms with Crippen molar-refractivity contribution in [3.63, 3.8) is 0 Å². The van der Waals surface area contributed by atoms with Crippen molar-refractivity contribution in [2.24, 2.45) is 5.73 Å². The lowest BCUT2D eigenvalue weighted by Gasteiger charge is -2.34. The van der Waals surface area contributed by atoms with Crippen molar-refractivity contribution in [2.75, 3.05) is 6.54 Å². The Morgan fingerprint density at radius 2 is 1.53 bits per heavy atom. The molecule has 0 amide bonds. The van der Waals surface area contributed by atoms with E-state index in [1.54, 1.807) is 20.8 Å². The molecule has 0 spiro atoms. The van der Waals surface area contributed by atoms with Gasteiger partial charge < -0.3 is 5.73 Å². The summed E-state index contributed by atoms with van der Waals surface area (Å²) in [6, 6.07) is 0. The fourth-order valence-corrected chi connectivity index (χ4v) is 2.41. The van der Waals surface area contributed by atoms with Crippen LogP contribution in [0.15, 0.2) is 0 Å². The molecule has 0 rings (SSSR count). The first-order valence-electron chi connectivity index (χ1n) is 5.37. The highest BCUT2D eigenvalue weighted by atomic mass is 32.2. The van der Waals surface area contributed by atoms with Crippen LogP contribution in [0.4, 0.5) is 0 Å². The van der Waals surface area contributed by atoms with E-state index in [2.05, 4.69) is 4.72 Å². The van der Waals surface area contributed by atoms with Gasteiger partial charge >= 0.3 is 0 Å². The maximum atomic E-state index is 12.0. The Morgan fingerprint density at radius 1 is 1.13 bits per heavy atom. The molecule has 92 valence electrons. The second-order valence-electron chi connectivity index (χ2n) is 4.91. The van der Waals surface area contributed by atoms with Crippen molar-refractivity contribution in [3.05, 3.63) is 0 Å². The summed E-state index contributed by atoms with van der Waals surface area (Å²) in [5.41, 5.74) is 5.16. The monoisotopic (exact) mass is 236 g/mol. The van der Waals surface area contributed by atoms with E-state index in [0.717, 1.165) is 0 Å². The van der Waals surface area contributed by atoms with Gasteiger partial charge in [-0.3, -0.25) is 0 Å². The van der Waals surface area contributed by atoms with E-state index in [4.69, 9.17) is 5.73 Å². The first kappa shape index (κ1) is 14.9. The van der Waals surface area contributed by atoms with Crippen LogP contribution < -0.4 is 10.5 Å². The predicted octanol–water partition coefficient (Wildman–Crippen LogP) is 1.22. The van der Waals surface area contributed by atoms with Crippen LogP contribution in [0.1, 0.15) is 47.5 Å². The van der Waals surface area contributed by atoms with Crippen molar-refractivity contribution in [3.8, 4) is 0 Å². The van der Waals surface area contributed by atoms with Gasteiger partial charge in [0, 0.05) is 12.1 Å². The lowest BCUT2D eigenvalue weighted by Crippen LogP contribution is -2.56. The topological polar surface area (TPSA) is 72.2 Å². The molecule has 0 bridgehead atoms. The summed E-state index contributed by atoms with van der Waals surface area (Å²) in [6.07, 6.45) is 1.41. The van der Waals surface area contributed by atoms with Crippen molar-refractivity contribution in [2.45, 2.75) is 57.7 Å². The third-order valence-corrected chi connectivity index (χ3v) is 5.22. The molecule has 0 heterocycles. The van der Waals surface area contributed by atoms with Gasteiger partial charge in [0.1, 0.15) is 0 Å². The highest BCUT2D eigenvalue weighted by molar-refractivity contribution is 7.90. The minimum absolute atomic E-state index is 0.329. The number of sulfonamides is 1. The van der Waals surface area contributed by atoms with Gasteiger partial charge in [0.15, 0.2) is 0 Å². The van der Waals surface area contributed by atoms with Crippen LogP contribution in [-0.4, -0.2) is 25.2 Å². The second kappa shape index (κ2) is 4.80. The molecule has 0 aromatic heterocycles. The third kappa shape index (κ3) is 3.43. The molecular weight excluding hydrogens is 212 g/mol. The quantitative estimate of drug-likeness (QED) is 0.754. The Morgan fingerprint density at radius 3 is 1.73 bits per heavy atom. The van der Waals surface area contributed by atoms with E-state index >= 15 is 0 Å². The lowest BCUT2D eigenvalue weighted by molar-refractivity contribution is 0.358. The van der Waals surface area contributed by atoms with Crippen LogP contribution in [0.3, 0.4) is 0 Å². The normalized spacial score (nSPS) is 14.3. The molecule has 0 radical (unpaired) electrons. The van der Waals surface area contributed by atoms with Crippen LogP contribution >= 0.6 is 0 Å². The van der Waals surface area contributed by atoms with Crippen LogP contribution in [-0.2, 0) is 10.0 Å². The molecule has 0 atom stereocenters. The maximum absolute atomic E-state index is 12.0. The number of nitrogens with two attached hydrogens (primary N) is 1. The van der Waals surface area contributed by atoms with Gasteiger partial charge in [0.2, 0.25) is 10.0 Å². The van der Waals surface area contributed by atoms with Crippen LogP contribution in [0.2, 0.25) is 0 Å². The predicted molar refractivity (Wildman–Crippen MR) is 64.2 cm³/mol. The van der Waals surface area contributed by atoms with Gasteiger partial charge in [-0.15, -0.1) is 0 Å². The summed E-state index contributed by atoms with van der Waals surface area (Å²) in [5, 5.41) is 0. The molecule has 0 aromatic carbocycles. The highest BCUT2D eigenvalue weighted by Gasteiger charge is 2.36. The van der Waals surface area contributed by atoms with Gasteiger partial charge in [-0.1, -0.05) is 13.8 Å². The van der Waals surface area contributed by atoms with E-state index in [9.17, 15) is 8.42 Å². The Kier molecular flexibility index (Phi) is 4.76. The minimum Gasteiger partial charge on any atom is -0.329 e. The molecule has 0 aliphatic heterocycles. The SMILES string of the molecule is CCC(CC)(CN)NS(=O)(=O)C(C)(C)C. The standard InChI is InChI=1S/C10H24N2O2S/c1-6-10(7-2,8-11)12-15(13,14)9(3,4)5/h12H,6-8,11H2,1-5H3. The number of nitrogens with one attached hydrogen (secondary N) is 1. The summed E-state index contributed by atoms with van der Waals surface area (Å²) < 4.78 is 25.9. The number of hydrogen-bond donors (Lipinski definition) is 2. The molecule has 0 saturated heterocycles. The zero-order chi connectivity index (χ0) is 12.3. The zero-order valence-electron chi connectivity index (χ0n) is 10.4. The van der Waals surface area contributed by atoms with Crippen LogP contribution in [0.5, 0.6) is 0 Å². The smallest absolute Gasteiger partial charge is 0.217 e. The summed E-state index contributed by atoms with van der Waals surface area (Å²) in [7, 11) is -3.32. The first-order valence-corrected chi connectivity index (χ1v) is 6.86. The summed E-state index contributed by atoms with van der Waals surface area (Å²) in [6.45, 7) is 9.27. The third-order valence-electron chi connectivity index (χ3n) is 2.90. The largest absolute Gasteiger partial charge is 0.329 e. The van der Waals surface area contributed by atoms with E-state index in [1.807, 2.05) is 13.8 Å². The minimum atomic E-state index is -3.32. The fraction of sp³-hybridized carbons (Fsp3) is 1.00. The van der Waals surface area contributed by atoms with E-state index in [1.165, 1.54) is 0 Å². The molecule has 15 heavy (non-hydrogen) atoms. The number of rotatable bonds is 5. The Balaban J connectivity index is 5.00. The highest BCUT2D eigenvalue weighted by Crippen LogP contribution is 2.20. The van der Waals surface area contributed by atoms with Gasteiger partial charge in [0.05, 0.1) is 4.75 Å². The van der Waals surface area contributed by atoms with Crippen LogP contribution in [0, 0.1) is 0 Å². The Bertz CT molecular complexity index is 279. The molecule has 0 aromatic rings. The van der Waals surface area contributed by atoms with Gasteiger partial charge in [-0.25, -0.2) is 13.1 Å². The van der Waals surface area contributed by atoms with E-state index < -0.39 is 20.3 Å². The molecule has 5 heteroatoms. The summed E-state index contributed by atoms with van der Waals surface area (Å²) >= 11 is 0. The summed E-state index contributed by atoms with van der Waals surface area (Å²) in [4.78, 5) is 0. The van der Waals surface area contributed by atoms with Crippen LogP contribution in [0.25, 0.3) is 0 Å². The summed E-state index contributed by atoms with van der Waals surface area (Å²) in [5.74, 6) is 0. The van der Waals surface area contributed by atoms with Crippen molar-refractivity contribution in [1.82, 2.24) is 4.72 Å². The Labute approximate surface area is 93.7 Å². The lowest BCUT2D eigenvalue weighted by atomic mass is 9.95. The molecular formula is C10H24N2O2S. The molecule has 3 N–H and O–H groups in total. The fourth-order valence-electron chi connectivity index (χ4n) is 1.16. The van der Waals surface area contributed by atoms with Crippen molar-refractivity contribution in [1.29, 1.82) is 0 Å². The molecule has 0 unspecified atom stereocenters. The second-order valence-corrected chi connectivity index (χ2v) is 7.35. The first-order chi connectivity index (χ1) is 6.64. The van der Waals surface area contributed by atoms with Gasteiger partial charge in [-0.05, 0) is 33.6 Å². The van der Waals surface area contributed by atoms with E-state index in [-0.39, 0.29) is 0 Å². The van der Waals surface area contributed by atoms with Crippen molar-refractivity contribution >= 4 is 10.0 Å². The van der Waals surface area contributed by atoms with E-state index in [0.29, 0.717) is 19.4 Å². The molecule has 0 saturated carbocycles. The van der Waals surface area contributed by atoms with Gasteiger partial charge in [-0.2, -0.15) is 0 Å². The molecule has 4 nitrogen and oxygen atoms in total. The Hall–Kier alpha value is -0.130. The van der Waals surface area contributed by atoms with Crippen molar-refractivity contribution < 1.29 is 8.42 Å². The molecule has 0 aliphatic carbocycles. The molecule has 0 fully saturated rings. The maximum Gasteiger partial charge on any atom is 0.217 e. The zero-order valence-corrected chi connectivity index (χ0v) is 11.2. The average molecular weight is 236 g/mol. The van der Waals surface area contributed by atoms with Gasteiger partial charge in [0.25, 0.3) is 0 Å². The number of hydrogen-bond acceptors (Lipinski definition) is 3.